The van der Waals surface area contributed by atoms with Gasteiger partial charge in [-0.1, -0.05) is 30.3 Å². The summed E-state index contributed by atoms with van der Waals surface area (Å²) in [6.07, 6.45) is 0. The van der Waals surface area contributed by atoms with E-state index in [1.807, 2.05) is 6.07 Å². The molecule has 0 aromatic heterocycles. The lowest BCUT2D eigenvalue weighted by atomic mass is 9.98. The lowest BCUT2D eigenvalue weighted by molar-refractivity contribution is 0.627. The van der Waals surface area contributed by atoms with E-state index in [4.69, 9.17) is 0 Å². The van der Waals surface area contributed by atoms with Crippen molar-refractivity contribution in [1.82, 2.24) is 0 Å². The normalized spacial score (nSPS) is 10.8. The minimum Gasteiger partial charge on any atom is -0.351 e. The molecule has 1 N–H and O–H groups in total. The van der Waals surface area contributed by atoms with Crippen LogP contribution in [-0.4, -0.2) is 0 Å². The fourth-order valence-corrected chi connectivity index (χ4v) is 2.29. The van der Waals surface area contributed by atoms with Crippen molar-refractivity contribution in [2.75, 3.05) is 5.32 Å². The van der Waals surface area contributed by atoms with Crippen LogP contribution in [0.2, 0.25) is 0 Å². The fourth-order valence-electron chi connectivity index (χ4n) is 2.29. The Bertz CT molecular complexity index is 878. The Labute approximate surface area is 120 Å². The molecule has 4 heteroatoms. The van der Waals surface area contributed by atoms with Crippen LogP contribution >= 0.6 is 0 Å². The second kappa shape index (κ2) is 4.98. The van der Waals surface area contributed by atoms with Crippen LogP contribution in [0.25, 0.3) is 11.1 Å². The van der Waals surface area contributed by atoms with Crippen molar-refractivity contribution in [2.45, 2.75) is 6.92 Å². The van der Waals surface area contributed by atoms with Crippen molar-refractivity contribution in [3.8, 4) is 11.1 Å². The van der Waals surface area contributed by atoms with Crippen LogP contribution in [0, 0.1) is 12.7 Å². The molecule has 0 aliphatic rings. The molecule has 0 atom stereocenters. The molecule has 0 unspecified atom stereocenters. The molecule has 0 heterocycles. The Morgan fingerprint density at radius 3 is 2.33 bits per heavy atom. The third kappa shape index (κ3) is 2.25. The lowest BCUT2D eigenvalue weighted by Crippen LogP contribution is -2.35. The summed E-state index contributed by atoms with van der Waals surface area (Å²) in [5.74, 6) is -0.341. The van der Waals surface area contributed by atoms with Crippen LogP contribution in [0.3, 0.4) is 0 Å². The van der Waals surface area contributed by atoms with Crippen LogP contribution < -0.4 is 16.2 Å². The average Bonchev–Trinajstić information content (AvgIpc) is 2.49. The minimum atomic E-state index is -0.544. The van der Waals surface area contributed by atoms with Crippen molar-refractivity contribution in [3.05, 3.63) is 80.4 Å². The summed E-state index contributed by atoms with van der Waals surface area (Å²) in [6, 6.07) is 13.2. The maximum absolute atomic E-state index is 13.1. The zero-order valence-corrected chi connectivity index (χ0v) is 11.3. The van der Waals surface area contributed by atoms with Gasteiger partial charge in [0.15, 0.2) is 0 Å². The number of rotatable bonds is 3. The van der Waals surface area contributed by atoms with E-state index in [1.54, 1.807) is 37.3 Å². The SMILES string of the molecule is Cc1cc(F)ccc1Nc1c(-c2ccccc2)c(=O)c1=O. The van der Waals surface area contributed by atoms with E-state index in [2.05, 4.69) is 5.32 Å². The highest BCUT2D eigenvalue weighted by atomic mass is 19.1. The number of aryl methyl sites for hydroxylation is 1. The lowest BCUT2D eigenvalue weighted by Gasteiger charge is -2.15. The zero-order valence-electron chi connectivity index (χ0n) is 11.3. The number of nitrogens with one attached hydrogen (secondary N) is 1. The topological polar surface area (TPSA) is 46.2 Å². The number of benzene rings is 2. The highest BCUT2D eigenvalue weighted by Gasteiger charge is 2.22. The van der Waals surface area contributed by atoms with E-state index in [9.17, 15) is 14.0 Å². The van der Waals surface area contributed by atoms with E-state index in [-0.39, 0.29) is 11.5 Å². The average molecular weight is 281 g/mol. The molecule has 0 aliphatic heterocycles. The van der Waals surface area contributed by atoms with Gasteiger partial charge in [0, 0.05) is 5.69 Å². The van der Waals surface area contributed by atoms with Crippen molar-refractivity contribution >= 4 is 11.4 Å². The highest BCUT2D eigenvalue weighted by molar-refractivity contribution is 5.85. The first-order valence-electron chi connectivity index (χ1n) is 6.50. The van der Waals surface area contributed by atoms with Gasteiger partial charge in [0.2, 0.25) is 5.43 Å². The van der Waals surface area contributed by atoms with Gasteiger partial charge in [0.1, 0.15) is 11.5 Å². The molecular formula is C17H12FNO2. The second-order valence-corrected chi connectivity index (χ2v) is 4.86. The molecule has 0 aliphatic carbocycles. The molecule has 3 rings (SSSR count). The van der Waals surface area contributed by atoms with Gasteiger partial charge in [-0.15, -0.1) is 0 Å². The molecule has 3 aromatic carbocycles. The van der Waals surface area contributed by atoms with Gasteiger partial charge in [-0.05, 0) is 36.2 Å². The summed E-state index contributed by atoms with van der Waals surface area (Å²) in [5.41, 5.74) is 1.58. The summed E-state index contributed by atoms with van der Waals surface area (Å²) < 4.78 is 13.1. The van der Waals surface area contributed by atoms with Crippen LogP contribution in [0.4, 0.5) is 15.8 Å². The quantitative estimate of drug-likeness (QED) is 0.750. The van der Waals surface area contributed by atoms with Gasteiger partial charge >= 0.3 is 0 Å². The molecule has 0 bridgehead atoms. The van der Waals surface area contributed by atoms with E-state index < -0.39 is 10.9 Å². The van der Waals surface area contributed by atoms with Gasteiger partial charge in [-0.25, -0.2) is 4.39 Å². The van der Waals surface area contributed by atoms with E-state index in [1.165, 1.54) is 12.1 Å². The summed E-state index contributed by atoms with van der Waals surface area (Å²) in [6.45, 7) is 1.74. The van der Waals surface area contributed by atoms with Gasteiger partial charge in [0.05, 0.1) is 5.56 Å². The molecule has 0 radical (unpaired) electrons. The monoisotopic (exact) mass is 281 g/mol. The third-order valence-electron chi connectivity index (χ3n) is 3.42. The molecule has 3 aromatic rings. The summed E-state index contributed by atoms with van der Waals surface area (Å²) in [7, 11) is 0. The van der Waals surface area contributed by atoms with Gasteiger partial charge < -0.3 is 5.32 Å². The first-order valence-corrected chi connectivity index (χ1v) is 6.50. The molecular weight excluding hydrogens is 269 g/mol. The van der Waals surface area contributed by atoms with Gasteiger partial charge in [-0.3, -0.25) is 9.59 Å². The maximum atomic E-state index is 13.1. The van der Waals surface area contributed by atoms with E-state index in [0.29, 0.717) is 22.4 Å². The maximum Gasteiger partial charge on any atom is 0.250 e. The first-order chi connectivity index (χ1) is 10.1. The van der Waals surface area contributed by atoms with Gasteiger partial charge in [0.25, 0.3) is 5.43 Å². The van der Waals surface area contributed by atoms with Crippen LogP contribution in [0.15, 0.2) is 58.1 Å². The largest absolute Gasteiger partial charge is 0.351 e. The molecule has 21 heavy (non-hydrogen) atoms. The van der Waals surface area contributed by atoms with Crippen LogP contribution in [0.5, 0.6) is 0 Å². The molecule has 0 saturated heterocycles. The van der Waals surface area contributed by atoms with Crippen LogP contribution in [0.1, 0.15) is 5.56 Å². The minimum absolute atomic E-state index is 0.265. The van der Waals surface area contributed by atoms with Crippen LogP contribution in [-0.2, 0) is 0 Å². The van der Waals surface area contributed by atoms with Crippen molar-refractivity contribution in [2.24, 2.45) is 0 Å². The Morgan fingerprint density at radius 2 is 1.67 bits per heavy atom. The number of anilines is 2. The van der Waals surface area contributed by atoms with Crippen molar-refractivity contribution in [1.29, 1.82) is 0 Å². The smallest absolute Gasteiger partial charge is 0.250 e. The van der Waals surface area contributed by atoms with Crippen molar-refractivity contribution in [3.63, 3.8) is 0 Å². The summed E-state index contributed by atoms with van der Waals surface area (Å²) >= 11 is 0. The highest BCUT2D eigenvalue weighted by Crippen LogP contribution is 2.27. The molecule has 0 amide bonds. The Balaban J connectivity index is 2.03. The van der Waals surface area contributed by atoms with Crippen molar-refractivity contribution < 1.29 is 4.39 Å². The Morgan fingerprint density at radius 1 is 0.952 bits per heavy atom. The summed E-state index contributed by atoms with van der Waals surface area (Å²) in [5, 5.41) is 2.95. The predicted molar refractivity (Wildman–Crippen MR) is 81.2 cm³/mol. The van der Waals surface area contributed by atoms with E-state index in [0.717, 1.165) is 0 Å². The fraction of sp³-hybridized carbons (Fsp3) is 0.0588. The molecule has 0 spiro atoms. The number of hydrogen-bond donors (Lipinski definition) is 1. The second-order valence-electron chi connectivity index (χ2n) is 4.86. The predicted octanol–water partition coefficient (Wildman–Crippen LogP) is 3.14. The molecule has 3 nitrogen and oxygen atoms in total. The Kier molecular flexibility index (Phi) is 3.14. The number of hydrogen-bond acceptors (Lipinski definition) is 3. The summed E-state index contributed by atoms with van der Waals surface area (Å²) in [4.78, 5) is 23.6. The van der Waals surface area contributed by atoms with Gasteiger partial charge in [-0.2, -0.15) is 0 Å². The first kappa shape index (κ1) is 13.2. The molecule has 104 valence electrons. The Hall–Kier alpha value is -2.75. The third-order valence-corrected chi connectivity index (χ3v) is 3.42. The molecule has 0 fully saturated rings. The number of halogens is 1. The van der Waals surface area contributed by atoms with E-state index >= 15 is 0 Å². The zero-order chi connectivity index (χ0) is 15.0. The molecule has 0 saturated carbocycles. The standard InChI is InChI=1S/C17H12FNO2/c1-10-9-12(18)7-8-13(10)19-15-14(16(20)17(15)21)11-5-3-2-4-6-11/h2-9,19H,1H3.